The highest BCUT2D eigenvalue weighted by Crippen LogP contribution is 2.19. The highest BCUT2D eigenvalue weighted by atomic mass is 19.1. The van der Waals surface area contributed by atoms with Gasteiger partial charge in [-0.15, -0.1) is 0 Å². The van der Waals surface area contributed by atoms with Crippen molar-refractivity contribution in [3.05, 3.63) is 65.4 Å². The molecular formula is C23H22FN5O2. The summed E-state index contributed by atoms with van der Waals surface area (Å²) in [5, 5.41) is 15.5. The number of nitriles is 1. The molecule has 1 aromatic carbocycles. The van der Waals surface area contributed by atoms with E-state index in [4.69, 9.17) is 5.26 Å². The minimum absolute atomic E-state index is 0.115. The molecule has 1 fully saturated rings. The fourth-order valence-corrected chi connectivity index (χ4v) is 3.89. The van der Waals surface area contributed by atoms with E-state index in [1.165, 1.54) is 18.3 Å². The van der Waals surface area contributed by atoms with Gasteiger partial charge in [-0.3, -0.25) is 9.59 Å². The third kappa shape index (κ3) is 4.89. The number of fused-ring (bicyclic) bond motifs is 1. The van der Waals surface area contributed by atoms with Crippen LogP contribution in [0.25, 0.3) is 10.9 Å². The minimum atomic E-state index is -0.808. The average Bonchev–Trinajstić information content (AvgIpc) is 3.43. The predicted octanol–water partition coefficient (Wildman–Crippen LogP) is 2.97. The monoisotopic (exact) mass is 419 g/mol. The first-order valence-electron chi connectivity index (χ1n) is 10.3. The van der Waals surface area contributed by atoms with Crippen LogP contribution in [0.3, 0.4) is 0 Å². The maximum absolute atomic E-state index is 13.3. The van der Waals surface area contributed by atoms with E-state index >= 15 is 0 Å². The van der Waals surface area contributed by atoms with Crippen LogP contribution in [0.4, 0.5) is 4.39 Å². The maximum atomic E-state index is 13.3. The van der Waals surface area contributed by atoms with Crippen LogP contribution in [-0.4, -0.2) is 33.9 Å². The lowest BCUT2D eigenvalue weighted by atomic mass is 10.0. The zero-order valence-corrected chi connectivity index (χ0v) is 16.8. The average molecular weight is 419 g/mol. The number of hydrogen-bond acceptors (Lipinski definition) is 4. The Morgan fingerprint density at radius 1 is 1.23 bits per heavy atom. The lowest BCUT2D eigenvalue weighted by Crippen LogP contribution is -2.50. The Morgan fingerprint density at radius 2 is 1.97 bits per heavy atom. The fourth-order valence-electron chi connectivity index (χ4n) is 3.89. The first-order chi connectivity index (χ1) is 15.0. The van der Waals surface area contributed by atoms with Gasteiger partial charge in [-0.05, 0) is 42.7 Å². The summed E-state index contributed by atoms with van der Waals surface area (Å²) in [5.74, 6) is -1.05. The van der Waals surface area contributed by atoms with Crippen LogP contribution in [0.2, 0.25) is 0 Å². The summed E-state index contributed by atoms with van der Waals surface area (Å²) < 4.78 is 13.3. The SMILES string of the molecule is N#Cc1cc2cc(C(=O)N[C@@H](Cc3ccc(F)cc3)C(=O)NC3CCCC3)[nH]c2cn1. The Balaban J connectivity index is 1.53. The van der Waals surface area contributed by atoms with Crippen LogP contribution in [-0.2, 0) is 11.2 Å². The molecule has 3 aromatic rings. The lowest BCUT2D eigenvalue weighted by Gasteiger charge is -2.21. The van der Waals surface area contributed by atoms with Crippen LogP contribution < -0.4 is 10.6 Å². The molecule has 1 aliphatic rings. The van der Waals surface area contributed by atoms with Gasteiger partial charge < -0.3 is 15.6 Å². The van der Waals surface area contributed by atoms with Crippen molar-refractivity contribution in [3.63, 3.8) is 0 Å². The van der Waals surface area contributed by atoms with Gasteiger partial charge in [-0.2, -0.15) is 5.26 Å². The second-order valence-electron chi connectivity index (χ2n) is 7.80. The molecule has 0 bridgehead atoms. The molecule has 1 saturated carbocycles. The predicted molar refractivity (Wildman–Crippen MR) is 113 cm³/mol. The molecule has 2 aromatic heterocycles. The van der Waals surface area contributed by atoms with Gasteiger partial charge in [0.2, 0.25) is 5.91 Å². The summed E-state index contributed by atoms with van der Waals surface area (Å²) in [5.41, 5.74) is 1.88. The van der Waals surface area contributed by atoms with Crippen molar-refractivity contribution >= 4 is 22.7 Å². The second-order valence-corrected chi connectivity index (χ2v) is 7.80. The van der Waals surface area contributed by atoms with Crippen molar-refractivity contribution in [3.8, 4) is 6.07 Å². The van der Waals surface area contributed by atoms with Gasteiger partial charge in [0.1, 0.15) is 29.3 Å². The smallest absolute Gasteiger partial charge is 0.268 e. The number of H-pyrrole nitrogens is 1. The molecule has 7 nitrogen and oxygen atoms in total. The molecule has 0 saturated heterocycles. The Bertz CT molecular complexity index is 1140. The van der Waals surface area contributed by atoms with Crippen LogP contribution in [0.5, 0.6) is 0 Å². The van der Waals surface area contributed by atoms with Gasteiger partial charge in [-0.1, -0.05) is 25.0 Å². The number of carbonyl (C=O) groups is 2. The molecule has 1 aliphatic carbocycles. The van der Waals surface area contributed by atoms with Crippen LogP contribution in [0, 0.1) is 17.1 Å². The Hall–Kier alpha value is -3.73. The molecule has 4 rings (SSSR count). The molecule has 2 amide bonds. The molecule has 31 heavy (non-hydrogen) atoms. The summed E-state index contributed by atoms with van der Waals surface area (Å²) in [6, 6.07) is 10.4. The van der Waals surface area contributed by atoms with Gasteiger partial charge in [0.25, 0.3) is 5.91 Å². The normalized spacial score (nSPS) is 14.8. The number of nitrogens with one attached hydrogen (secondary N) is 3. The summed E-state index contributed by atoms with van der Waals surface area (Å²) in [6.07, 6.45) is 5.75. The molecule has 158 valence electrons. The van der Waals surface area contributed by atoms with Crippen LogP contribution in [0.1, 0.15) is 47.4 Å². The van der Waals surface area contributed by atoms with Gasteiger partial charge in [-0.25, -0.2) is 9.37 Å². The van der Waals surface area contributed by atoms with E-state index in [0.717, 1.165) is 31.2 Å². The van der Waals surface area contributed by atoms with Crippen molar-refractivity contribution in [1.82, 2.24) is 20.6 Å². The van der Waals surface area contributed by atoms with E-state index in [-0.39, 0.29) is 35.6 Å². The minimum Gasteiger partial charge on any atom is -0.352 e. The fraction of sp³-hybridized carbons (Fsp3) is 0.304. The highest BCUT2D eigenvalue weighted by molar-refractivity contribution is 6.00. The van der Waals surface area contributed by atoms with Gasteiger partial charge in [0.15, 0.2) is 0 Å². The van der Waals surface area contributed by atoms with Crippen molar-refractivity contribution in [2.45, 2.75) is 44.2 Å². The Kier molecular flexibility index (Phi) is 5.94. The number of aromatic nitrogens is 2. The third-order valence-corrected chi connectivity index (χ3v) is 5.54. The number of halogens is 1. The van der Waals surface area contributed by atoms with Crippen molar-refractivity contribution in [2.75, 3.05) is 0 Å². The molecular weight excluding hydrogens is 397 g/mol. The maximum Gasteiger partial charge on any atom is 0.268 e. The number of nitrogens with zero attached hydrogens (tertiary/aromatic N) is 2. The van der Waals surface area contributed by atoms with Gasteiger partial charge >= 0.3 is 0 Å². The first kappa shape index (κ1) is 20.5. The number of rotatable bonds is 6. The third-order valence-electron chi connectivity index (χ3n) is 5.54. The Labute approximate surface area is 178 Å². The van der Waals surface area contributed by atoms with Crippen molar-refractivity contribution in [2.24, 2.45) is 0 Å². The Morgan fingerprint density at radius 3 is 2.68 bits per heavy atom. The summed E-state index contributed by atoms with van der Waals surface area (Å²) in [4.78, 5) is 32.8. The molecule has 2 heterocycles. The van der Waals surface area contributed by atoms with E-state index in [2.05, 4.69) is 20.6 Å². The summed E-state index contributed by atoms with van der Waals surface area (Å²) in [6.45, 7) is 0. The summed E-state index contributed by atoms with van der Waals surface area (Å²) >= 11 is 0. The summed E-state index contributed by atoms with van der Waals surface area (Å²) in [7, 11) is 0. The number of carbonyl (C=O) groups excluding carboxylic acids is 2. The van der Waals surface area contributed by atoms with Crippen molar-refractivity contribution < 1.29 is 14.0 Å². The molecule has 0 radical (unpaired) electrons. The quantitative estimate of drug-likeness (QED) is 0.570. The number of amides is 2. The number of aromatic amines is 1. The topological polar surface area (TPSA) is 111 Å². The number of benzene rings is 1. The largest absolute Gasteiger partial charge is 0.352 e. The van der Waals surface area contributed by atoms with Crippen molar-refractivity contribution in [1.29, 1.82) is 5.26 Å². The lowest BCUT2D eigenvalue weighted by molar-refractivity contribution is -0.123. The van der Waals surface area contributed by atoms with Gasteiger partial charge in [0, 0.05) is 17.8 Å². The van der Waals surface area contributed by atoms with E-state index in [9.17, 15) is 14.0 Å². The van der Waals surface area contributed by atoms with E-state index in [1.54, 1.807) is 24.3 Å². The number of pyridine rings is 1. The number of hydrogen-bond donors (Lipinski definition) is 3. The first-order valence-corrected chi connectivity index (χ1v) is 10.3. The van der Waals surface area contributed by atoms with Crippen LogP contribution in [0.15, 0.2) is 42.6 Å². The van der Waals surface area contributed by atoms with Gasteiger partial charge in [0.05, 0.1) is 11.7 Å². The zero-order chi connectivity index (χ0) is 21.8. The van der Waals surface area contributed by atoms with E-state index in [1.807, 2.05) is 6.07 Å². The standard InChI is InChI=1S/C23H22FN5O2/c24-16-7-5-14(6-8-16)9-19(22(30)27-17-3-1-2-4-17)29-23(31)20-11-15-10-18(12-25)26-13-21(15)28-20/h5-8,10-11,13,17,19,28H,1-4,9H2,(H,27,30)(H,29,31)/t19-/m0/s1. The zero-order valence-electron chi connectivity index (χ0n) is 16.8. The highest BCUT2D eigenvalue weighted by Gasteiger charge is 2.26. The molecule has 0 aliphatic heterocycles. The molecule has 1 atom stereocenters. The van der Waals surface area contributed by atoms with E-state index in [0.29, 0.717) is 10.9 Å². The van der Waals surface area contributed by atoms with Crippen LogP contribution >= 0.6 is 0 Å². The second kappa shape index (κ2) is 8.96. The molecule has 3 N–H and O–H groups in total. The molecule has 0 spiro atoms. The molecule has 0 unspecified atom stereocenters. The molecule has 8 heteroatoms. The van der Waals surface area contributed by atoms with E-state index < -0.39 is 11.9 Å².